The molecule has 0 amide bonds. The number of carbonyl (C=O) groups excluding carboxylic acids is 1. The summed E-state index contributed by atoms with van der Waals surface area (Å²) in [5.41, 5.74) is 3.64. The van der Waals surface area contributed by atoms with E-state index in [1.54, 1.807) is 6.07 Å². The Morgan fingerprint density at radius 2 is 1.93 bits per heavy atom. The Kier molecular flexibility index (Phi) is 5.29. The first-order chi connectivity index (χ1) is 13.4. The number of thioether (sulfide) groups is 1. The van der Waals surface area contributed by atoms with Gasteiger partial charge in [0.05, 0.1) is 34.2 Å². The predicted octanol–water partition coefficient (Wildman–Crippen LogP) is 2.50. The number of rotatable bonds is 5. The average molecular weight is 419 g/mol. The number of nitrogens with one attached hydrogen (secondary N) is 1. The number of nitrogens with zero attached hydrogens (tertiary/aromatic N) is 3. The molecule has 3 aromatic rings. The minimum Gasteiger partial charge on any atom is -0.389 e. The molecule has 0 radical (unpaired) electrons. The number of halogens is 1. The van der Waals surface area contributed by atoms with Gasteiger partial charge in [-0.1, -0.05) is 35.5 Å². The summed E-state index contributed by atoms with van der Waals surface area (Å²) in [7, 11) is 0. The number of aromatic amines is 1. The number of ketones is 1. The van der Waals surface area contributed by atoms with E-state index < -0.39 is 12.2 Å². The first-order valence-corrected chi connectivity index (χ1v) is 10.2. The Balaban J connectivity index is 1.59. The molecule has 0 unspecified atom stereocenters. The molecule has 0 spiro atoms. The average Bonchev–Trinajstić information content (AvgIpc) is 3.22. The van der Waals surface area contributed by atoms with Crippen molar-refractivity contribution in [2.45, 2.75) is 24.3 Å². The van der Waals surface area contributed by atoms with E-state index in [1.807, 2.05) is 29.2 Å². The number of pyridine rings is 1. The van der Waals surface area contributed by atoms with Crippen molar-refractivity contribution in [3.63, 3.8) is 0 Å². The standard InChI is InChI=1S/C19H19ClN4O3S/c1-10(25)9-28-19-21-14-6-13(20)17(22-18(14)23-19)11-2-4-12(5-3-11)24-7-15(26)16(27)8-24/h2-6,15-16,26-27H,7-9H2,1H3,(H,21,22,23)/t15-,16+. The first kappa shape index (κ1) is 19.2. The summed E-state index contributed by atoms with van der Waals surface area (Å²) in [6, 6.07) is 9.43. The summed E-state index contributed by atoms with van der Waals surface area (Å²) in [5, 5.41) is 20.6. The number of β-amino-alcohol motifs (C(OH)–C–C–N with tert-alkyl or cyclic N) is 2. The largest absolute Gasteiger partial charge is 0.389 e. The van der Waals surface area contributed by atoms with Crippen molar-refractivity contribution in [2.75, 3.05) is 23.7 Å². The molecule has 4 rings (SSSR count). The van der Waals surface area contributed by atoms with Gasteiger partial charge in [-0.2, -0.15) is 0 Å². The van der Waals surface area contributed by atoms with Gasteiger partial charge in [-0.3, -0.25) is 4.79 Å². The van der Waals surface area contributed by atoms with Gasteiger partial charge in [0.15, 0.2) is 10.8 Å². The number of hydrogen-bond acceptors (Lipinski definition) is 7. The molecule has 146 valence electrons. The number of H-pyrrole nitrogens is 1. The van der Waals surface area contributed by atoms with E-state index in [2.05, 4.69) is 15.0 Å². The highest BCUT2D eigenvalue weighted by atomic mass is 35.5. The van der Waals surface area contributed by atoms with Crippen LogP contribution in [-0.4, -0.2) is 62.0 Å². The van der Waals surface area contributed by atoms with Gasteiger partial charge in [0, 0.05) is 24.3 Å². The fourth-order valence-corrected chi connectivity index (χ4v) is 4.08. The number of imidazole rings is 1. The third-order valence-electron chi connectivity index (χ3n) is 4.58. The fraction of sp³-hybridized carbons (Fsp3) is 0.316. The van der Waals surface area contributed by atoms with E-state index in [9.17, 15) is 15.0 Å². The Morgan fingerprint density at radius 3 is 2.57 bits per heavy atom. The van der Waals surface area contributed by atoms with Crippen molar-refractivity contribution in [3.8, 4) is 11.3 Å². The van der Waals surface area contributed by atoms with Crippen molar-refractivity contribution in [1.29, 1.82) is 0 Å². The third kappa shape index (κ3) is 3.86. The van der Waals surface area contributed by atoms with Gasteiger partial charge >= 0.3 is 0 Å². The molecule has 3 N–H and O–H groups in total. The first-order valence-electron chi connectivity index (χ1n) is 8.80. The third-order valence-corrected chi connectivity index (χ3v) is 5.89. The van der Waals surface area contributed by atoms with Gasteiger partial charge < -0.3 is 20.1 Å². The van der Waals surface area contributed by atoms with Crippen molar-refractivity contribution >= 4 is 46.0 Å². The normalized spacial score (nSPS) is 19.5. The fourth-order valence-electron chi connectivity index (χ4n) is 3.15. The maximum Gasteiger partial charge on any atom is 0.179 e. The number of aliphatic hydroxyl groups excluding tert-OH is 2. The van der Waals surface area contributed by atoms with Crippen molar-refractivity contribution in [3.05, 3.63) is 35.4 Å². The van der Waals surface area contributed by atoms with Crippen LogP contribution < -0.4 is 4.90 Å². The molecule has 2 atom stereocenters. The molecule has 3 heterocycles. The van der Waals surface area contributed by atoms with Crippen molar-refractivity contribution in [2.24, 2.45) is 0 Å². The van der Waals surface area contributed by atoms with Gasteiger partial charge in [-0.15, -0.1) is 0 Å². The highest BCUT2D eigenvalue weighted by Crippen LogP contribution is 2.31. The number of anilines is 1. The van der Waals surface area contributed by atoms with Crippen LogP contribution in [0.15, 0.2) is 35.5 Å². The molecule has 28 heavy (non-hydrogen) atoms. The van der Waals surface area contributed by atoms with Crippen molar-refractivity contribution in [1.82, 2.24) is 15.0 Å². The predicted molar refractivity (Wildman–Crippen MR) is 110 cm³/mol. The molecule has 0 saturated carbocycles. The van der Waals surface area contributed by atoms with E-state index in [0.717, 1.165) is 16.8 Å². The van der Waals surface area contributed by atoms with E-state index in [1.165, 1.54) is 18.7 Å². The minimum atomic E-state index is -0.729. The van der Waals surface area contributed by atoms with Crippen LogP contribution >= 0.6 is 23.4 Å². The maximum atomic E-state index is 11.2. The molecule has 9 heteroatoms. The maximum absolute atomic E-state index is 11.2. The molecule has 1 saturated heterocycles. The molecule has 0 aliphatic carbocycles. The molecule has 1 aromatic carbocycles. The number of carbonyl (C=O) groups is 1. The minimum absolute atomic E-state index is 0.0790. The van der Waals surface area contributed by atoms with Gasteiger partial charge in [0.25, 0.3) is 0 Å². The highest BCUT2D eigenvalue weighted by molar-refractivity contribution is 7.99. The number of fused-ring (bicyclic) bond motifs is 1. The van der Waals surface area contributed by atoms with Crippen LogP contribution in [0.5, 0.6) is 0 Å². The van der Waals surface area contributed by atoms with Gasteiger partial charge in [-0.05, 0) is 25.1 Å². The Labute approximate surface area is 170 Å². The smallest absolute Gasteiger partial charge is 0.179 e. The molecule has 1 aliphatic rings. The Morgan fingerprint density at radius 1 is 1.25 bits per heavy atom. The summed E-state index contributed by atoms with van der Waals surface area (Å²) in [4.78, 5) is 25.2. The van der Waals surface area contributed by atoms with Crippen LogP contribution in [0.3, 0.4) is 0 Å². The lowest BCUT2D eigenvalue weighted by Crippen LogP contribution is -2.22. The van der Waals surface area contributed by atoms with Crippen molar-refractivity contribution < 1.29 is 15.0 Å². The van der Waals surface area contributed by atoms with Crippen LogP contribution in [0.25, 0.3) is 22.4 Å². The highest BCUT2D eigenvalue weighted by Gasteiger charge is 2.29. The van der Waals surface area contributed by atoms with Crippen LogP contribution in [-0.2, 0) is 4.79 Å². The van der Waals surface area contributed by atoms with Crippen LogP contribution in [0.1, 0.15) is 6.92 Å². The number of aliphatic hydroxyl groups is 2. The second kappa shape index (κ2) is 7.71. The molecular formula is C19H19ClN4O3S. The molecule has 0 bridgehead atoms. The number of hydrogen-bond donors (Lipinski definition) is 3. The molecule has 7 nitrogen and oxygen atoms in total. The van der Waals surface area contributed by atoms with Crippen LogP contribution in [0, 0.1) is 0 Å². The monoisotopic (exact) mass is 418 g/mol. The lowest BCUT2D eigenvalue weighted by atomic mass is 10.1. The topological polar surface area (TPSA) is 102 Å². The van der Waals surface area contributed by atoms with Gasteiger partial charge in [-0.25, -0.2) is 9.97 Å². The van der Waals surface area contributed by atoms with Crippen LogP contribution in [0.4, 0.5) is 5.69 Å². The van der Waals surface area contributed by atoms with E-state index in [0.29, 0.717) is 40.4 Å². The second-order valence-electron chi connectivity index (χ2n) is 6.81. The van der Waals surface area contributed by atoms with Crippen LogP contribution in [0.2, 0.25) is 5.02 Å². The zero-order valence-corrected chi connectivity index (χ0v) is 16.7. The Bertz CT molecular complexity index is 1010. The molecule has 1 fully saturated rings. The summed E-state index contributed by atoms with van der Waals surface area (Å²) in [6.07, 6.45) is -1.46. The van der Waals surface area contributed by atoms with E-state index >= 15 is 0 Å². The summed E-state index contributed by atoms with van der Waals surface area (Å²) < 4.78 is 0. The molecule has 2 aromatic heterocycles. The molecular weight excluding hydrogens is 400 g/mol. The quantitative estimate of drug-likeness (QED) is 0.547. The second-order valence-corrected chi connectivity index (χ2v) is 8.18. The van der Waals surface area contributed by atoms with Gasteiger partial charge in [0.2, 0.25) is 0 Å². The summed E-state index contributed by atoms with van der Waals surface area (Å²) in [5.74, 6) is 0.428. The number of aromatic nitrogens is 3. The number of benzene rings is 1. The lowest BCUT2D eigenvalue weighted by Gasteiger charge is -2.18. The van der Waals surface area contributed by atoms with Gasteiger partial charge in [0.1, 0.15) is 5.78 Å². The zero-order valence-electron chi connectivity index (χ0n) is 15.1. The Hall–Kier alpha value is -2.13. The number of Topliss-reactive ketones (excluding diaryl/α,β-unsaturated/α-hetero) is 1. The molecule has 1 aliphatic heterocycles. The van der Waals surface area contributed by atoms with E-state index in [4.69, 9.17) is 11.6 Å². The SMILES string of the molecule is CC(=O)CSc1nc2nc(-c3ccc(N4C[C@@H](O)[C@@H](O)C4)cc3)c(Cl)cc2[nH]1. The summed E-state index contributed by atoms with van der Waals surface area (Å²) >= 11 is 7.76. The lowest BCUT2D eigenvalue weighted by molar-refractivity contribution is -0.114. The summed E-state index contributed by atoms with van der Waals surface area (Å²) in [6.45, 7) is 2.34. The zero-order chi connectivity index (χ0) is 19.8. The van der Waals surface area contributed by atoms with E-state index in [-0.39, 0.29) is 5.78 Å².